The standard InChI is InChI=1S/C22H29F/c1-2-3-4-5-6-7-8-9-14-22(19-12-10-11-13-19)20-15-17-21(23)18-16-20/h10-13,15-18H,2-9,14H2,1H3. The molecule has 0 fully saturated rings. The molecule has 0 heterocycles. The fourth-order valence-electron chi connectivity index (χ4n) is 3.12. The number of benzene rings is 1. The third-order valence-corrected chi connectivity index (χ3v) is 4.48. The third-order valence-electron chi connectivity index (χ3n) is 4.48. The maximum absolute atomic E-state index is 13.2. The van der Waals surface area contributed by atoms with Crippen LogP contribution in [0, 0.1) is 5.82 Å². The van der Waals surface area contributed by atoms with Crippen molar-refractivity contribution in [3.05, 3.63) is 65.5 Å². The number of rotatable bonds is 10. The molecule has 0 aliphatic heterocycles. The summed E-state index contributed by atoms with van der Waals surface area (Å²) in [5, 5.41) is 0. The molecule has 0 N–H and O–H groups in total. The number of halogens is 1. The minimum atomic E-state index is -0.164. The van der Waals surface area contributed by atoms with Gasteiger partial charge in [0.15, 0.2) is 0 Å². The fraction of sp³-hybridized carbons (Fsp3) is 0.455. The van der Waals surface area contributed by atoms with Gasteiger partial charge in [0.05, 0.1) is 0 Å². The van der Waals surface area contributed by atoms with Gasteiger partial charge in [0.25, 0.3) is 0 Å². The molecule has 0 amide bonds. The maximum Gasteiger partial charge on any atom is 0.123 e. The molecule has 1 aromatic carbocycles. The smallest absolute Gasteiger partial charge is 0.123 e. The van der Waals surface area contributed by atoms with Crippen molar-refractivity contribution in [1.29, 1.82) is 0 Å². The number of unbranched alkanes of at least 4 members (excludes halogenated alkanes) is 7. The minimum Gasteiger partial charge on any atom is -0.207 e. The van der Waals surface area contributed by atoms with Gasteiger partial charge in [-0.25, -0.2) is 4.39 Å². The van der Waals surface area contributed by atoms with Crippen LogP contribution < -0.4 is 0 Å². The molecule has 23 heavy (non-hydrogen) atoms. The highest BCUT2D eigenvalue weighted by Gasteiger charge is 2.08. The van der Waals surface area contributed by atoms with Crippen LogP contribution in [-0.4, -0.2) is 0 Å². The van der Waals surface area contributed by atoms with Crippen LogP contribution in [0.25, 0.3) is 5.57 Å². The molecule has 124 valence electrons. The molecule has 0 radical (unpaired) electrons. The predicted molar refractivity (Wildman–Crippen MR) is 98.8 cm³/mol. The van der Waals surface area contributed by atoms with Crippen LogP contribution >= 0.6 is 0 Å². The summed E-state index contributed by atoms with van der Waals surface area (Å²) in [6, 6.07) is 6.93. The topological polar surface area (TPSA) is 0 Å². The van der Waals surface area contributed by atoms with E-state index in [-0.39, 0.29) is 5.82 Å². The number of hydrogen-bond acceptors (Lipinski definition) is 0. The van der Waals surface area contributed by atoms with E-state index in [1.807, 2.05) is 12.1 Å². The summed E-state index contributed by atoms with van der Waals surface area (Å²) in [5.41, 5.74) is 3.78. The van der Waals surface area contributed by atoms with Crippen LogP contribution in [0.5, 0.6) is 0 Å². The zero-order valence-electron chi connectivity index (χ0n) is 14.4. The summed E-state index contributed by atoms with van der Waals surface area (Å²) in [7, 11) is 0. The molecule has 1 aliphatic rings. The van der Waals surface area contributed by atoms with Gasteiger partial charge in [0, 0.05) is 0 Å². The first kappa shape index (κ1) is 17.7. The van der Waals surface area contributed by atoms with E-state index >= 15 is 0 Å². The average molecular weight is 312 g/mol. The van der Waals surface area contributed by atoms with Crippen LogP contribution in [0.3, 0.4) is 0 Å². The van der Waals surface area contributed by atoms with Crippen molar-refractivity contribution in [3.8, 4) is 0 Å². The summed E-state index contributed by atoms with van der Waals surface area (Å²) in [4.78, 5) is 0. The van der Waals surface area contributed by atoms with Crippen molar-refractivity contribution in [3.63, 3.8) is 0 Å². The van der Waals surface area contributed by atoms with Crippen molar-refractivity contribution in [1.82, 2.24) is 0 Å². The van der Waals surface area contributed by atoms with Gasteiger partial charge < -0.3 is 0 Å². The highest BCUT2D eigenvalue weighted by molar-refractivity contribution is 5.74. The van der Waals surface area contributed by atoms with E-state index < -0.39 is 0 Å². The number of hydrogen-bond donors (Lipinski definition) is 0. The molecule has 0 saturated carbocycles. The Kier molecular flexibility index (Phi) is 7.86. The second kappa shape index (κ2) is 10.2. The van der Waals surface area contributed by atoms with Crippen LogP contribution in [0.2, 0.25) is 0 Å². The molecule has 1 aromatic rings. The highest BCUT2D eigenvalue weighted by atomic mass is 19.1. The maximum atomic E-state index is 13.2. The summed E-state index contributed by atoms with van der Waals surface area (Å²) >= 11 is 0. The van der Waals surface area contributed by atoms with E-state index in [9.17, 15) is 4.39 Å². The lowest BCUT2D eigenvalue weighted by Crippen LogP contribution is -1.90. The number of allylic oxidation sites excluding steroid dienone is 6. The van der Waals surface area contributed by atoms with Gasteiger partial charge in [-0.05, 0) is 41.7 Å². The van der Waals surface area contributed by atoms with Gasteiger partial charge in [0.1, 0.15) is 5.82 Å². The molecule has 1 heteroatoms. The SMILES string of the molecule is CCCCCCCCCCC(=C1C=CC=C1)c1ccc(F)cc1. The second-order valence-corrected chi connectivity index (χ2v) is 6.38. The minimum absolute atomic E-state index is 0.164. The van der Waals surface area contributed by atoms with Gasteiger partial charge in [0.2, 0.25) is 0 Å². The van der Waals surface area contributed by atoms with E-state index in [1.165, 1.54) is 62.5 Å². The lowest BCUT2D eigenvalue weighted by atomic mass is 9.94. The molecule has 0 spiro atoms. The summed E-state index contributed by atoms with van der Waals surface area (Å²) in [6.07, 6.45) is 20.2. The van der Waals surface area contributed by atoms with Crippen molar-refractivity contribution in [2.75, 3.05) is 0 Å². The van der Waals surface area contributed by atoms with Gasteiger partial charge in [-0.3, -0.25) is 0 Å². The van der Waals surface area contributed by atoms with Crippen LogP contribution in [-0.2, 0) is 0 Å². The van der Waals surface area contributed by atoms with Crippen LogP contribution in [0.15, 0.2) is 54.1 Å². The fourth-order valence-corrected chi connectivity index (χ4v) is 3.12. The van der Waals surface area contributed by atoms with Gasteiger partial charge >= 0.3 is 0 Å². The molecule has 0 nitrogen and oxygen atoms in total. The second-order valence-electron chi connectivity index (χ2n) is 6.38. The Bertz CT molecular complexity index is 532. The first-order valence-corrected chi connectivity index (χ1v) is 9.15. The van der Waals surface area contributed by atoms with Crippen molar-refractivity contribution in [2.24, 2.45) is 0 Å². The summed E-state index contributed by atoms with van der Waals surface area (Å²) < 4.78 is 13.2. The van der Waals surface area contributed by atoms with Crippen molar-refractivity contribution in [2.45, 2.75) is 64.7 Å². The lowest BCUT2D eigenvalue weighted by Gasteiger charge is -2.11. The molecule has 0 atom stereocenters. The van der Waals surface area contributed by atoms with Crippen molar-refractivity contribution >= 4 is 5.57 Å². The van der Waals surface area contributed by atoms with E-state index in [2.05, 4.69) is 31.2 Å². The monoisotopic (exact) mass is 312 g/mol. The first-order chi connectivity index (χ1) is 11.3. The Labute approximate surface area is 140 Å². The Morgan fingerprint density at radius 1 is 0.783 bits per heavy atom. The molecule has 2 rings (SSSR count). The van der Waals surface area contributed by atoms with Gasteiger partial charge in [-0.2, -0.15) is 0 Å². The third kappa shape index (κ3) is 6.17. The average Bonchev–Trinajstić information content (AvgIpc) is 3.09. The summed E-state index contributed by atoms with van der Waals surface area (Å²) in [6.45, 7) is 2.26. The van der Waals surface area contributed by atoms with Crippen LogP contribution in [0.1, 0.15) is 70.3 Å². The zero-order chi connectivity index (χ0) is 16.3. The predicted octanol–water partition coefficient (Wildman–Crippen LogP) is 7.24. The molecule has 0 bridgehead atoms. The van der Waals surface area contributed by atoms with Gasteiger partial charge in [-0.1, -0.05) is 88.3 Å². The molecule has 0 aromatic heterocycles. The molecular weight excluding hydrogens is 283 g/mol. The Hall–Kier alpha value is -1.63. The molecule has 0 unspecified atom stereocenters. The van der Waals surface area contributed by atoms with E-state index in [0.29, 0.717) is 0 Å². The Morgan fingerprint density at radius 2 is 1.35 bits per heavy atom. The summed E-state index contributed by atoms with van der Waals surface area (Å²) in [5.74, 6) is -0.164. The van der Waals surface area contributed by atoms with E-state index in [4.69, 9.17) is 0 Å². The highest BCUT2D eigenvalue weighted by Crippen LogP contribution is 2.28. The molecule has 1 aliphatic carbocycles. The largest absolute Gasteiger partial charge is 0.207 e. The van der Waals surface area contributed by atoms with Gasteiger partial charge in [-0.15, -0.1) is 0 Å². The van der Waals surface area contributed by atoms with Crippen molar-refractivity contribution < 1.29 is 4.39 Å². The molecular formula is C22H29F. The van der Waals surface area contributed by atoms with Crippen LogP contribution in [0.4, 0.5) is 4.39 Å². The van der Waals surface area contributed by atoms with E-state index in [1.54, 1.807) is 12.1 Å². The quantitative estimate of drug-likeness (QED) is 0.399. The zero-order valence-corrected chi connectivity index (χ0v) is 14.4. The lowest BCUT2D eigenvalue weighted by molar-refractivity contribution is 0.579. The Morgan fingerprint density at radius 3 is 1.96 bits per heavy atom. The van der Waals surface area contributed by atoms with E-state index in [0.717, 1.165) is 12.0 Å². The Balaban J connectivity index is 1.83. The first-order valence-electron chi connectivity index (χ1n) is 9.15. The normalized spacial score (nSPS) is 13.0. The molecule has 0 saturated heterocycles.